The maximum absolute atomic E-state index is 13.4. The van der Waals surface area contributed by atoms with Crippen LogP contribution in [0.5, 0.6) is 0 Å². The van der Waals surface area contributed by atoms with Crippen LogP contribution in [0.15, 0.2) is 18.2 Å². The summed E-state index contributed by atoms with van der Waals surface area (Å²) in [6.07, 6.45) is 0.564. The normalized spacial score (nSPS) is 31.1. The van der Waals surface area contributed by atoms with Crippen LogP contribution in [0.2, 0.25) is 5.02 Å². The first-order valence-electron chi connectivity index (χ1n) is 9.57. The number of benzene rings is 1. The first-order chi connectivity index (χ1) is 13.3. The summed E-state index contributed by atoms with van der Waals surface area (Å²) in [5, 5.41) is 6.64. The number of carbonyl (C=O) groups is 3. The molecule has 2 fully saturated rings. The van der Waals surface area contributed by atoms with Gasteiger partial charge in [-0.05, 0) is 18.4 Å². The van der Waals surface area contributed by atoms with Crippen molar-refractivity contribution in [3.05, 3.63) is 28.8 Å². The Bertz CT molecular complexity index is 858. The summed E-state index contributed by atoms with van der Waals surface area (Å²) in [7, 11) is 1.58. The Hall–Kier alpha value is -1.96. The van der Waals surface area contributed by atoms with E-state index in [1.807, 2.05) is 13.8 Å². The summed E-state index contributed by atoms with van der Waals surface area (Å²) < 4.78 is 5.06. The van der Waals surface area contributed by atoms with Gasteiger partial charge in [-0.1, -0.05) is 37.6 Å². The van der Waals surface area contributed by atoms with Gasteiger partial charge in [-0.15, -0.1) is 0 Å². The molecule has 0 bridgehead atoms. The van der Waals surface area contributed by atoms with Crippen molar-refractivity contribution in [1.82, 2.24) is 10.2 Å². The molecule has 3 heterocycles. The number of para-hydroxylation sites is 1. The number of anilines is 1. The largest absolute Gasteiger partial charge is 0.385 e. The number of hydrogen-bond donors (Lipinski definition) is 2. The van der Waals surface area contributed by atoms with Gasteiger partial charge in [0.25, 0.3) is 0 Å². The maximum Gasteiger partial charge on any atom is 0.250 e. The molecular formula is C20H24ClN3O4. The lowest BCUT2D eigenvalue weighted by Crippen LogP contribution is -2.54. The molecule has 2 saturated heterocycles. The van der Waals surface area contributed by atoms with E-state index < -0.39 is 17.4 Å². The highest BCUT2D eigenvalue weighted by Crippen LogP contribution is 2.54. The fourth-order valence-corrected chi connectivity index (χ4v) is 5.17. The molecule has 3 aliphatic heterocycles. The SMILES string of the molecule is COCCCN1C(=O)C2C(C(C)C)NC3(C(=O)Nc4c(Cl)cccc43)C2C1=O. The van der Waals surface area contributed by atoms with Crippen LogP contribution in [0.3, 0.4) is 0 Å². The number of hydrogen-bond acceptors (Lipinski definition) is 5. The van der Waals surface area contributed by atoms with Gasteiger partial charge >= 0.3 is 0 Å². The van der Waals surface area contributed by atoms with Crippen LogP contribution in [0.4, 0.5) is 5.69 Å². The lowest BCUT2D eigenvalue weighted by Gasteiger charge is -2.30. The second-order valence-electron chi connectivity index (χ2n) is 8.02. The molecule has 150 valence electrons. The molecule has 0 aliphatic carbocycles. The zero-order chi connectivity index (χ0) is 20.2. The standard InChI is InChI=1S/C20H24ClN3O4/c1-10(2)15-13-14(18(26)24(17(13)25)8-5-9-28-3)20(23-15)11-6-4-7-12(21)16(11)22-19(20)27/h4,6-7,10,13-15,23H,5,8-9H2,1-3H3,(H,22,27). The van der Waals surface area contributed by atoms with Crippen molar-refractivity contribution >= 4 is 35.0 Å². The molecule has 3 amide bonds. The third kappa shape index (κ3) is 2.46. The maximum atomic E-state index is 13.4. The van der Waals surface area contributed by atoms with E-state index in [1.165, 1.54) is 4.90 Å². The Morgan fingerprint density at radius 3 is 2.68 bits per heavy atom. The van der Waals surface area contributed by atoms with Gasteiger partial charge in [0.15, 0.2) is 0 Å². The average Bonchev–Trinajstić information content (AvgIpc) is 3.24. The number of amides is 3. The van der Waals surface area contributed by atoms with Gasteiger partial charge in [0.1, 0.15) is 5.54 Å². The van der Waals surface area contributed by atoms with Crippen molar-refractivity contribution in [1.29, 1.82) is 0 Å². The van der Waals surface area contributed by atoms with E-state index in [9.17, 15) is 14.4 Å². The summed E-state index contributed by atoms with van der Waals surface area (Å²) in [4.78, 5) is 41.1. The summed E-state index contributed by atoms with van der Waals surface area (Å²) in [5.74, 6) is -2.13. The molecule has 1 aromatic carbocycles. The molecule has 0 radical (unpaired) electrons. The lowest BCUT2D eigenvalue weighted by molar-refractivity contribution is -0.143. The minimum atomic E-state index is -1.28. The van der Waals surface area contributed by atoms with E-state index in [2.05, 4.69) is 10.6 Å². The molecule has 28 heavy (non-hydrogen) atoms. The lowest BCUT2D eigenvalue weighted by atomic mass is 9.76. The van der Waals surface area contributed by atoms with Gasteiger partial charge < -0.3 is 10.1 Å². The second kappa shape index (κ2) is 6.83. The molecule has 1 aromatic rings. The number of methoxy groups -OCH3 is 1. The summed E-state index contributed by atoms with van der Waals surface area (Å²) in [6, 6.07) is 4.98. The quantitative estimate of drug-likeness (QED) is 0.575. The monoisotopic (exact) mass is 405 g/mol. The first kappa shape index (κ1) is 19.4. The highest BCUT2D eigenvalue weighted by Gasteiger charge is 2.70. The van der Waals surface area contributed by atoms with Gasteiger partial charge in [-0.2, -0.15) is 0 Å². The number of imide groups is 1. The number of ether oxygens (including phenoxy) is 1. The number of rotatable bonds is 5. The third-order valence-corrected chi connectivity index (χ3v) is 6.49. The summed E-state index contributed by atoms with van der Waals surface area (Å²) in [5.41, 5.74) is -0.117. The number of halogens is 1. The highest BCUT2D eigenvalue weighted by molar-refractivity contribution is 6.35. The average molecular weight is 406 g/mol. The van der Waals surface area contributed by atoms with Gasteiger partial charge in [-0.3, -0.25) is 24.6 Å². The number of nitrogens with zero attached hydrogens (tertiary/aromatic N) is 1. The molecule has 7 nitrogen and oxygen atoms in total. The molecule has 4 atom stereocenters. The third-order valence-electron chi connectivity index (χ3n) is 6.17. The molecule has 4 unspecified atom stereocenters. The van der Waals surface area contributed by atoms with Crippen molar-refractivity contribution in [3.8, 4) is 0 Å². The van der Waals surface area contributed by atoms with E-state index in [1.54, 1.807) is 25.3 Å². The Morgan fingerprint density at radius 2 is 2.00 bits per heavy atom. The zero-order valence-electron chi connectivity index (χ0n) is 16.1. The number of carbonyl (C=O) groups excluding carboxylic acids is 3. The molecule has 4 rings (SSSR count). The minimum Gasteiger partial charge on any atom is -0.385 e. The van der Waals surface area contributed by atoms with Crippen LogP contribution in [-0.4, -0.2) is 48.9 Å². The Labute approximate surface area is 168 Å². The fourth-order valence-electron chi connectivity index (χ4n) is 4.95. The van der Waals surface area contributed by atoms with Crippen LogP contribution < -0.4 is 10.6 Å². The van der Waals surface area contributed by atoms with Crippen molar-refractivity contribution in [3.63, 3.8) is 0 Å². The van der Waals surface area contributed by atoms with E-state index in [-0.39, 0.29) is 29.7 Å². The van der Waals surface area contributed by atoms with Gasteiger partial charge in [0, 0.05) is 31.9 Å². The highest BCUT2D eigenvalue weighted by atomic mass is 35.5. The van der Waals surface area contributed by atoms with Crippen molar-refractivity contribution < 1.29 is 19.1 Å². The topological polar surface area (TPSA) is 87.7 Å². The number of fused-ring (bicyclic) bond motifs is 4. The second-order valence-corrected chi connectivity index (χ2v) is 8.42. The summed E-state index contributed by atoms with van der Waals surface area (Å²) >= 11 is 6.30. The molecular weight excluding hydrogens is 382 g/mol. The predicted octanol–water partition coefficient (Wildman–Crippen LogP) is 1.75. The van der Waals surface area contributed by atoms with Crippen molar-refractivity contribution in [2.75, 3.05) is 25.6 Å². The minimum absolute atomic E-state index is 0.0681. The first-order valence-corrected chi connectivity index (χ1v) is 9.94. The predicted molar refractivity (Wildman–Crippen MR) is 104 cm³/mol. The number of nitrogens with one attached hydrogen (secondary N) is 2. The van der Waals surface area contributed by atoms with E-state index in [0.29, 0.717) is 35.8 Å². The van der Waals surface area contributed by atoms with E-state index in [0.717, 1.165) is 0 Å². The Balaban J connectivity index is 1.81. The van der Waals surface area contributed by atoms with Crippen LogP contribution in [0.1, 0.15) is 25.8 Å². The summed E-state index contributed by atoms with van der Waals surface area (Å²) in [6.45, 7) is 4.74. The van der Waals surface area contributed by atoms with E-state index in [4.69, 9.17) is 16.3 Å². The van der Waals surface area contributed by atoms with Gasteiger partial charge in [0.2, 0.25) is 17.7 Å². The van der Waals surface area contributed by atoms with Gasteiger partial charge in [0.05, 0.1) is 22.5 Å². The Morgan fingerprint density at radius 1 is 1.25 bits per heavy atom. The molecule has 2 N–H and O–H groups in total. The molecule has 1 spiro atoms. The van der Waals surface area contributed by atoms with E-state index >= 15 is 0 Å². The molecule has 8 heteroatoms. The van der Waals surface area contributed by atoms with Crippen LogP contribution >= 0.6 is 11.6 Å². The van der Waals surface area contributed by atoms with Crippen LogP contribution in [0.25, 0.3) is 0 Å². The zero-order valence-corrected chi connectivity index (χ0v) is 16.9. The number of likely N-dealkylation sites (tertiary alicyclic amines) is 1. The smallest absolute Gasteiger partial charge is 0.250 e. The molecule has 0 saturated carbocycles. The molecule has 0 aromatic heterocycles. The molecule has 3 aliphatic rings. The fraction of sp³-hybridized carbons (Fsp3) is 0.550. The van der Waals surface area contributed by atoms with Crippen molar-refractivity contribution in [2.24, 2.45) is 17.8 Å². The Kier molecular flexibility index (Phi) is 4.72. The van der Waals surface area contributed by atoms with Gasteiger partial charge in [-0.25, -0.2) is 0 Å². The van der Waals surface area contributed by atoms with Crippen LogP contribution in [0, 0.1) is 17.8 Å². The van der Waals surface area contributed by atoms with Crippen molar-refractivity contribution in [2.45, 2.75) is 31.8 Å². The van der Waals surface area contributed by atoms with Crippen LogP contribution in [-0.2, 0) is 24.7 Å².